The summed E-state index contributed by atoms with van der Waals surface area (Å²) in [5, 5.41) is 7.40. The highest BCUT2D eigenvalue weighted by Gasteiger charge is 2.25. The van der Waals surface area contributed by atoms with Crippen molar-refractivity contribution >= 4 is 5.91 Å². The van der Waals surface area contributed by atoms with Gasteiger partial charge >= 0.3 is 0 Å². The molecule has 1 unspecified atom stereocenters. The molecule has 1 aromatic heterocycles. The SMILES string of the molecule is CCCCCC(c1cccc(OC)c1)c1cc(C(=O)NCc2ccccc2)nn1-c1ccc(F)cc1F. The fourth-order valence-corrected chi connectivity index (χ4v) is 4.41. The van der Waals surface area contributed by atoms with E-state index in [0.29, 0.717) is 18.0 Å². The number of methoxy groups -OCH3 is 1. The number of ether oxygens (including phenoxy) is 1. The number of nitrogens with zero attached hydrogens (tertiary/aromatic N) is 2. The highest BCUT2D eigenvalue weighted by molar-refractivity contribution is 5.92. The monoisotopic (exact) mass is 503 g/mol. The van der Waals surface area contributed by atoms with Gasteiger partial charge in [0.25, 0.3) is 5.91 Å². The third-order valence-electron chi connectivity index (χ3n) is 6.35. The highest BCUT2D eigenvalue weighted by atomic mass is 19.1. The summed E-state index contributed by atoms with van der Waals surface area (Å²) in [5.41, 5.74) is 2.82. The minimum atomic E-state index is -0.751. The Kier molecular flexibility index (Phi) is 8.67. The van der Waals surface area contributed by atoms with Crippen LogP contribution in [0.3, 0.4) is 0 Å². The van der Waals surface area contributed by atoms with Crippen LogP contribution < -0.4 is 10.1 Å². The second-order valence-electron chi connectivity index (χ2n) is 8.96. The van der Waals surface area contributed by atoms with Gasteiger partial charge in [0.15, 0.2) is 11.5 Å². The molecule has 0 spiro atoms. The van der Waals surface area contributed by atoms with Crippen molar-refractivity contribution in [2.75, 3.05) is 7.11 Å². The number of hydrogen-bond donors (Lipinski definition) is 1. The molecule has 37 heavy (non-hydrogen) atoms. The van der Waals surface area contributed by atoms with Crippen LogP contribution in [0.25, 0.3) is 5.69 Å². The Labute approximate surface area is 216 Å². The van der Waals surface area contributed by atoms with Gasteiger partial charge in [0.05, 0.1) is 12.8 Å². The molecule has 0 fully saturated rings. The number of halogens is 2. The fraction of sp³-hybridized carbons (Fsp3) is 0.267. The molecule has 1 heterocycles. The molecule has 192 valence electrons. The molecule has 0 aliphatic carbocycles. The van der Waals surface area contributed by atoms with Gasteiger partial charge < -0.3 is 10.1 Å². The molecule has 0 aliphatic rings. The van der Waals surface area contributed by atoms with Gasteiger partial charge in [-0.3, -0.25) is 4.79 Å². The van der Waals surface area contributed by atoms with Crippen LogP contribution >= 0.6 is 0 Å². The van der Waals surface area contributed by atoms with E-state index in [4.69, 9.17) is 4.74 Å². The van der Waals surface area contributed by atoms with Crippen molar-refractivity contribution < 1.29 is 18.3 Å². The van der Waals surface area contributed by atoms with Crippen molar-refractivity contribution in [2.24, 2.45) is 0 Å². The van der Waals surface area contributed by atoms with Crippen LogP contribution in [0.15, 0.2) is 78.9 Å². The third kappa shape index (κ3) is 6.42. The third-order valence-corrected chi connectivity index (χ3v) is 6.35. The lowest BCUT2D eigenvalue weighted by Gasteiger charge is -2.20. The van der Waals surface area contributed by atoms with E-state index in [-0.39, 0.29) is 23.2 Å². The number of amides is 1. The van der Waals surface area contributed by atoms with Gasteiger partial charge in [-0.1, -0.05) is 68.7 Å². The summed E-state index contributed by atoms with van der Waals surface area (Å²) in [4.78, 5) is 13.1. The van der Waals surface area contributed by atoms with Crippen LogP contribution in [-0.2, 0) is 6.54 Å². The molecule has 0 bridgehead atoms. The van der Waals surface area contributed by atoms with Crippen LogP contribution in [0.2, 0.25) is 0 Å². The van der Waals surface area contributed by atoms with Crippen molar-refractivity contribution in [1.82, 2.24) is 15.1 Å². The highest BCUT2D eigenvalue weighted by Crippen LogP contribution is 2.34. The standard InChI is InChI=1S/C30H31F2N3O2/c1-3-4-6-14-25(22-12-9-13-24(17-22)37-2)29-19-27(30(36)33-20-21-10-7-5-8-11-21)34-35(29)28-16-15-23(31)18-26(28)32/h5,7-13,15-19,25H,3-4,6,14,20H2,1-2H3,(H,33,36). The predicted molar refractivity (Wildman–Crippen MR) is 140 cm³/mol. The Hall–Kier alpha value is -4.00. The quantitative estimate of drug-likeness (QED) is 0.229. The maximum atomic E-state index is 15.0. The summed E-state index contributed by atoms with van der Waals surface area (Å²) in [7, 11) is 1.61. The molecule has 5 nitrogen and oxygen atoms in total. The van der Waals surface area contributed by atoms with E-state index in [1.54, 1.807) is 13.2 Å². The number of nitrogens with one attached hydrogen (secondary N) is 1. The summed E-state index contributed by atoms with van der Waals surface area (Å²) in [5.74, 6) is -1.28. The van der Waals surface area contributed by atoms with Crippen molar-refractivity contribution in [2.45, 2.75) is 45.1 Å². The van der Waals surface area contributed by atoms with Gasteiger partial charge in [0, 0.05) is 18.5 Å². The van der Waals surface area contributed by atoms with E-state index >= 15 is 0 Å². The van der Waals surface area contributed by atoms with Crippen LogP contribution in [0.1, 0.15) is 65.8 Å². The Morgan fingerprint density at radius 1 is 1.00 bits per heavy atom. The number of rotatable bonds is 11. The zero-order valence-electron chi connectivity index (χ0n) is 21.1. The molecule has 1 atom stereocenters. The van der Waals surface area contributed by atoms with E-state index in [1.165, 1.54) is 16.8 Å². The number of carbonyl (C=O) groups is 1. The molecule has 0 saturated carbocycles. The molecule has 0 saturated heterocycles. The zero-order valence-corrected chi connectivity index (χ0v) is 21.1. The number of hydrogen-bond acceptors (Lipinski definition) is 3. The Morgan fingerprint density at radius 2 is 1.81 bits per heavy atom. The van der Waals surface area contributed by atoms with Crippen molar-refractivity contribution in [3.05, 3.63) is 113 Å². The van der Waals surface area contributed by atoms with Gasteiger partial charge in [0.1, 0.15) is 17.3 Å². The van der Waals surface area contributed by atoms with Gasteiger partial charge in [-0.2, -0.15) is 5.10 Å². The summed E-state index contributed by atoms with van der Waals surface area (Å²) < 4.78 is 35.6. The molecule has 0 radical (unpaired) electrons. The number of benzene rings is 3. The van der Waals surface area contributed by atoms with E-state index < -0.39 is 11.6 Å². The van der Waals surface area contributed by atoms with Crippen LogP contribution in [0, 0.1) is 11.6 Å². The molecular formula is C30H31F2N3O2. The van der Waals surface area contributed by atoms with Crippen LogP contribution in [0.5, 0.6) is 5.75 Å². The van der Waals surface area contributed by atoms with Crippen molar-refractivity contribution in [3.63, 3.8) is 0 Å². The molecule has 4 aromatic rings. The summed E-state index contributed by atoms with van der Waals surface area (Å²) in [6.07, 6.45) is 3.78. The first-order valence-electron chi connectivity index (χ1n) is 12.5. The van der Waals surface area contributed by atoms with E-state index in [9.17, 15) is 13.6 Å². The maximum Gasteiger partial charge on any atom is 0.272 e. The molecule has 1 amide bonds. The molecule has 4 rings (SSSR count). The first-order chi connectivity index (χ1) is 18.0. The zero-order chi connectivity index (χ0) is 26.2. The predicted octanol–water partition coefficient (Wildman–Crippen LogP) is 6.80. The normalized spacial score (nSPS) is 11.8. The topological polar surface area (TPSA) is 56.1 Å². The molecule has 3 aromatic carbocycles. The first-order valence-corrected chi connectivity index (χ1v) is 12.5. The number of unbranched alkanes of at least 4 members (excludes halogenated alkanes) is 2. The number of carbonyl (C=O) groups excluding carboxylic acids is 1. The van der Waals surface area contributed by atoms with Crippen LogP contribution in [0.4, 0.5) is 8.78 Å². The van der Waals surface area contributed by atoms with Crippen LogP contribution in [-0.4, -0.2) is 22.8 Å². The van der Waals surface area contributed by atoms with Crippen molar-refractivity contribution in [3.8, 4) is 11.4 Å². The fourth-order valence-electron chi connectivity index (χ4n) is 4.41. The lowest BCUT2D eigenvalue weighted by molar-refractivity contribution is 0.0945. The Morgan fingerprint density at radius 3 is 2.54 bits per heavy atom. The van der Waals surface area contributed by atoms with Gasteiger partial charge in [0.2, 0.25) is 0 Å². The first kappa shape index (κ1) is 26.1. The summed E-state index contributed by atoms with van der Waals surface area (Å²) >= 11 is 0. The smallest absolute Gasteiger partial charge is 0.272 e. The van der Waals surface area contributed by atoms with Gasteiger partial charge in [-0.25, -0.2) is 13.5 Å². The molecular weight excluding hydrogens is 472 g/mol. The van der Waals surface area contributed by atoms with E-state index in [1.807, 2.05) is 54.6 Å². The van der Waals surface area contributed by atoms with Gasteiger partial charge in [-0.15, -0.1) is 0 Å². The summed E-state index contributed by atoms with van der Waals surface area (Å²) in [6.45, 7) is 2.47. The Bertz CT molecular complexity index is 1340. The van der Waals surface area contributed by atoms with Crippen molar-refractivity contribution in [1.29, 1.82) is 0 Å². The van der Waals surface area contributed by atoms with E-state index in [0.717, 1.165) is 42.9 Å². The second kappa shape index (κ2) is 12.3. The lowest BCUT2D eigenvalue weighted by Crippen LogP contribution is -2.23. The second-order valence-corrected chi connectivity index (χ2v) is 8.96. The average Bonchev–Trinajstić information content (AvgIpc) is 3.35. The summed E-state index contributed by atoms with van der Waals surface area (Å²) in [6, 6.07) is 22.4. The Balaban J connectivity index is 1.77. The molecule has 1 N–H and O–H groups in total. The largest absolute Gasteiger partial charge is 0.497 e. The minimum Gasteiger partial charge on any atom is -0.497 e. The lowest BCUT2D eigenvalue weighted by atomic mass is 9.89. The maximum absolute atomic E-state index is 15.0. The molecule has 7 heteroatoms. The minimum absolute atomic E-state index is 0.0851. The number of aromatic nitrogens is 2. The van der Waals surface area contributed by atoms with E-state index in [2.05, 4.69) is 17.3 Å². The average molecular weight is 504 g/mol. The van der Waals surface area contributed by atoms with Gasteiger partial charge in [-0.05, 0) is 47.9 Å². The molecule has 0 aliphatic heterocycles.